The van der Waals surface area contributed by atoms with E-state index in [-0.39, 0.29) is 6.42 Å². The van der Waals surface area contributed by atoms with Gasteiger partial charge in [-0.1, -0.05) is 22.9 Å². The zero-order chi connectivity index (χ0) is 12.6. The largest absolute Gasteiger partial charge is 0.481 e. The maximum atomic E-state index is 10.9. The van der Waals surface area contributed by atoms with Crippen molar-refractivity contribution in [3.63, 3.8) is 0 Å². The topological polar surface area (TPSA) is 53.1 Å². The summed E-state index contributed by atoms with van der Waals surface area (Å²) in [4.78, 5) is 14.2. The number of fused-ring (bicyclic) bond motifs is 1. The van der Waals surface area contributed by atoms with E-state index in [1.807, 2.05) is 19.1 Å². The highest BCUT2D eigenvalue weighted by molar-refractivity contribution is 9.10. The zero-order valence-electron chi connectivity index (χ0n) is 9.80. The first kappa shape index (κ1) is 12.2. The number of rotatable bonds is 3. The lowest BCUT2D eigenvalue weighted by Gasteiger charge is -2.05. The Labute approximate surface area is 108 Å². The molecule has 0 aliphatic rings. The van der Waals surface area contributed by atoms with E-state index in [4.69, 9.17) is 5.11 Å². The fourth-order valence-corrected chi connectivity index (χ4v) is 2.86. The summed E-state index contributed by atoms with van der Waals surface area (Å²) >= 11 is 3.53. The molecule has 0 spiro atoms. The molecule has 0 radical (unpaired) electrons. The molecule has 0 atom stereocenters. The van der Waals surface area contributed by atoms with E-state index in [2.05, 4.69) is 27.8 Å². The Balaban J connectivity index is 2.77. The second-order valence-electron chi connectivity index (χ2n) is 4.10. The van der Waals surface area contributed by atoms with Gasteiger partial charge in [0.25, 0.3) is 0 Å². The first-order valence-electron chi connectivity index (χ1n) is 5.55. The van der Waals surface area contributed by atoms with Gasteiger partial charge in [-0.15, -0.1) is 0 Å². The standard InChI is InChI=1S/C13H14BrNO2/c1-3-8-10(14)4-5-11-13(8)9(6-12(16)17)7(2)15-11/h4-5,15H,3,6H2,1-2H3,(H,16,17). The van der Waals surface area contributed by atoms with Gasteiger partial charge in [-0.3, -0.25) is 4.79 Å². The molecule has 0 aliphatic carbocycles. The summed E-state index contributed by atoms with van der Waals surface area (Å²) in [5.41, 5.74) is 4.02. The lowest BCUT2D eigenvalue weighted by molar-refractivity contribution is -0.136. The maximum absolute atomic E-state index is 10.9. The number of aromatic nitrogens is 1. The maximum Gasteiger partial charge on any atom is 0.307 e. The summed E-state index contributed by atoms with van der Waals surface area (Å²) in [6.45, 7) is 4.00. The van der Waals surface area contributed by atoms with Crippen LogP contribution in [0.15, 0.2) is 16.6 Å². The number of hydrogen-bond acceptors (Lipinski definition) is 1. The minimum atomic E-state index is -0.795. The Morgan fingerprint density at radius 1 is 1.41 bits per heavy atom. The van der Waals surface area contributed by atoms with Crippen LogP contribution in [0.4, 0.5) is 0 Å². The Bertz CT molecular complexity index is 587. The second kappa shape index (κ2) is 4.53. The molecule has 1 aromatic heterocycles. The number of aromatic amines is 1. The third kappa shape index (κ3) is 2.09. The highest BCUT2D eigenvalue weighted by Crippen LogP contribution is 2.31. The van der Waals surface area contributed by atoms with E-state index in [9.17, 15) is 4.79 Å². The number of nitrogens with one attached hydrogen (secondary N) is 1. The van der Waals surface area contributed by atoms with Crippen molar-refractivity contribution in [1.82, 2.24) is 4.98 Å². The molecule has 0 saturated heterocycles. The molecule has 17 heavy (non-hydrogen) atoms. The SMILES string of the molecule is CCc1c(Br)ccc2[nH]c(C)c(CC(=O)O)c12. The third-order valence-electron chi connectivity index (χ3n) is 3.01. The molecule has 0 saturated carbocycles. The molecule has 1 aromatic carbocycles. The minimum Gasteiger partial charge on any atom is -0.481 e. The number of H-pyrrole nitrogens is 1. The molecule has 2 rings (SSSR count). The fourth-order valence-electron chi connectivity index (χ4n) is 2.25. The number of aliphatic carboxylic acids is 1. The summed E-state index contributed by atoms with van der Waals surface area (Å²) in [7, 11) is 0. The monoisotopic (exact) mass is 295 g/mol. The fraction of sp³-hybridized carbons (Fsp3) is 0.308. The van der Waals surface area contributed by atoms with E-state index < -0.39 is 5.97 Å². The first-order valence-corrected chi connectivity index (χ1v) is 6.34. The molecule has 2 aromatic rings. The van der Waals surface area contributed by atoms with Crippen LogP contribution in [0.1, 0.15) is 23.7 Å². The van der Waals surface area contributed by atoms with Gasteiger partial charge in [-0.2, -0.15) is 0 Å². The predicted molar refractivity (Wildman–Crippen MR) is 71.5 cm³/mol. The van der Waals surface area contributed by atoms with E-state index >= 15 is 0 Å². The van der Waals surface area contributed by atoms with E-state index in [0.29, 0.717) is 0 Å². The molecule has 1 heterocycles. The van der Waals surface area contributed by atoms with Gasteiger partial charge in [-0.05, 0) is 36.6 Å². The molecular weight excluding hydrogens is 282 g/mol. The smallest absolute Gasteiger partial charge is 0.307 e. The molecule has 4 heteroatoms. The number of benzene rings is 1. The number of aryl methyl sites for hydroxylation is 2. The molecule has 3 nitrogen and oxygen atoms in total. The predicted octanol–water partition coefficient (Wildman–Crippen LogP) is 3.43. The highest BCUT2D eigenvalue weighted by Gasteiger charge is 2.15. The van der Waals surface area contributed by atoms with Gasteiger partial charge in [0.2, 0.25) is 0 Å². The lowest BCUT2D eigenvalue weighted by atomic mass is 10.0. The average molecular weight is 296 g/mol. The van der Waals surface area contributed by atoms with Crippen molar-refractivity contribution in [2.24, 2.45) is 0 Å². The molecule has 2 N–H and O–H groups in total. The molecule has 90 valence electrons. The van der Waals surface area contributed by atoms with Crippen LogP contribution in [0.25, 0.3) is 10.9 Å². The van der Waals surface area contributed by atoms with Crippen molar-refractivity contribution in [1.29, 1.82) is 0 Å². The van der Waals surface area contributed by atoms with E-state index in [1.165, 1.54) is 5.56 Å². The van der Waals surface area contributed by atoms with Gasteiger partial charge in [0, 0.05) is 21.1 Å². The van der Waals surface area contributed by atoms with Gasteiger partial charge < -0.3 is 10.1 Å². The van der Waals surface area contributed by atoms with Crippen LogP contribution in [-0.2, 0) is 17.6 Å². The molecule has 0 unspecified atom stereocenters. The molecule has 0 fully saturated rings. The third-order valence-corrected chi connectivity index (χ3v) is 3.76. The number of carboxylic acid groups (broad SMARTS) is 1. The number of hydrogen-bond donors (Lipinski definition) is 2. The van der Waals surface area contributed by atoms with E-state index in [1.54, 1.807) is 0 Å². The Hall–Kier alpha value is -1.29. The Morgan fingerprint density at radius 3 is 2.71 bits per heavy atom. The van der Waals surface area contributed by atoms with Crippen LogP contribution >= 0.6 is 15.9 Å². The second-order valence-corrected chi connectivity index (χ2v) is 4.96. The van der Waals surface area contributed by atoms with Crippen LogP contribution in [-0.4, -0.2) is 16.1 Å². The number of halogens is 1. The lowest BCUT2D eigenvalue weighted by Crippen LogP contribution is -2.01. The number of carboxylic acids is 1. The van der Waals surface area contributed by atoms with Gasteiger partial charge in [0.05, 0.1) is 6.42 Å². The van der Waals surface area contributed by atoms with Crippen LogP contribution < -0.4 is 0 Å². The Kier molecular flexibility index (Phi) is 3.24. The average Bonchev–Trinajstić information content (AvgIpc) is 2.56. The van der Waals surface area contributed by atoms with Crippen molar-refractivity contribution in [3.8, 4) is 0 Å². The molecule has 0 aliphatic heterocycles. The van der Waals surface area contributed by atoms with Crippen molar-refractivity contribution >= 4 is 32.8 Å². The Morgan fingerprint density at radius 2 is 2.12 bits per heavy atom. The quantitative estimate of drug-likeness (QED) is 0.911. The van der Waals surface area contributed by atoms with Crippen molar-refractivity contribution in [2.45, 2.75) is 26.7 Å². The van der Waals surface area contributed by atoms with E-state index in [0.717, 1.165) is 33.1 Å². The minimum absolute atomic E-state index is 0.0648. The van der Waals surface area contributed by atoms with Crippen LogP contribution in [0.2, 0.25) is 0 Å². The summed E-state index contributed by atoms with van der Waals surface area (Å²) in [6, 6.07) is 3.98. The molecule has 0 amide bonds. The van der Waals surface area contributed by atoms with Crippen molar-refractivity contribution in [3.05, 3.63) is 33.4 Å². The van der Waals surface area contributed by atoms with Crippen molar-refractivity contribution < 1.29 is 9.90 Å². The molecular formula is C13H14BrNO2. The number of carbonyl (C=O) groups is 1. The van der Waals surface area contributed by atoms with Gasteiger partial charge in [-0.25, -0.2) is 0 Å². The molecule has 0 bridgehead atoms. The van der Waals surface area contributed by atoms with Crippen molar-refractivity contribution in [2.75, 3.05) is 0 Å². The summed E-state index contributed by atoms with van der Waals surface area (Å²) in [5, 5.41) is 10.0. The zero-order valence-corrected chi connectivity index (χ0v) is 11.4. The van der Waals surface area contributed by atoms with Crippen LogP contribution in [0.5, 0.6) is 0 Å². The van der Waals surface area contributed by atoms with Crippen LogP contribution in [0, 0.1) is 6.92 Å². The van der Waals surface area contributed by atoms with Gasteiger partial charge >= 0.3 is 5.97 Å². The summed E-state index contributed by atoms with van der Waals surface area (Å²) < 4.78 is 1.04. The summed E-state index contributed by atoms with van der Waals surface area (Å²) in [5.74, 6) is -0.795. The summed E-state index contributed by atoms with van der Waals surface area (Å²) in [6.07, 6.45) is 0.942. The first-order chi connectivity index (χ1) is 8.04. The van der Waals surface area contributed by atoms with Gasteiger partial charge in [0.15, 0.2) is 0 Å². The van der Waals surface area contributed by atoms with Crippen LogP contribution in [0.3, 0.4) is 0 Å². The van der Waals surface area contributed by atoms with Gasteiger partial charge in [0.1, 0.15) is 0 Å². The normalized spacial score (nSPS) is 11.0. The highest BCUT2D eigenvalue weighted by atomic mass is 79.9.